The van der Waals surface area contributed by atoms with Crippen LogP contribution in [0.1, 0.15) is 33.1 Å². The van der Waals surface area contributed by atoms with Gasteiger partial charge in [-0.2, -0.15) is 0 Å². The fraction of sp³-hybridized carbons (Fsp3) is 1.00. The van der Waals surface area contributed by atoms with Crippen molar-refractivity contribution in [3.8, 4) is 0 Å². The van der Waals surface area contributed by atoms with E-state index in [0.717, 1.165) is 25.0 Å². The van der Waals surface area contributed by atoms with Crippen LogP contribution in [0.5, 0.6) is 0 Å². The molecule has 12 heavy (non-hydrogen) atoms. The molecule has 0 aliphatic rings. The van der Waals surface area contributed by atoms with Gasteiger partial charge in [-0.15, -0.1) is 0 Å². The highest BCUT2D eigenvalue weighted by Crippen LogP contribution is 2.64. The van der Waals surface area contributed by atoms with Crippen LogP contribution in [-0.4, -0.2) is 12.4 Å². The molecule has 0 heterocycles. The second kappa shape index (κ2) is 7.25. The second-order valence-electron chi connectivity index (χ2n) is 2.45. The third-order valence-corrected chi connectivity index (χ3v) is 5.54. The van der Waals surface area contributed by atoms with Crippen LogP contribution < -0.4 is 0 Å². The fourth-order valence-corrected chi connectivity index (χ4v) is 3.86. The SMILES string of the molecule is CCCCOP(=O)(Cl)SCCC. The molecule has 2 nitrogen and oxygen atoms in total. The zero-order chi connectivity index (χ0) is 9.45. The van der Waals surface area contributed by atoms with Crippen LogP contribution in [0.4, 0.5) is 0 Å². The molecule has 0 aliphatic carbocycles. The molecule has 0 saturated carbocycles. The Bertz CT molecular complexity index is 154. The van der Waals surface area contributed by atoms with Gasteiger partial charge in [0.05, 0.1) is 6.61 Å². The first-order chi connectivity index (χ1) is 5.62. The van der Waals surface area contributed by atoms with Gasteiger partial charge in [0, 0.05) is 5.75 Å². The van der Waals surface area contributed by atoms with Crippen molar-refractivity contribution < 1.29 is 9.09 Å². The molecular formula is C7H16ClO2PS. The summed E-state index contributed by atoms with van der Waals surface area (Å²) in [4.78, 5) is 0. The van der Waals surface area contributed by atoms with E-state index in [1.807, 2.05) is 6.92 Å². The maximum Gasteiger partial charge on any atom is 0.346 e. The van der Waals surface area contributed by atoms with Crippen LogP contribution in [0, 0.1) is 0 Å². The van der Waals surface area contributed by atoms with Gasteiger partial charge in [-0.25, -0.2) is 0 Å². The van der Waals surface area contributed by atoms with Gasteiger partial charge in [0.2, 0.25) is 0 Å². The zero-order valence-electron chi connectivity index (χ0n) is 7.59. The van der Waals surface area contributed by atoms with E-state index in [1.165, 1.54) is 11.4 Å². The lowest BCUT2D eigenvalue weighted by Gasteiger charge is -2.08. The molecule has 0 amide bonds. The smallest absolute Gasteiger partial charge is 0.310 e. The van der Waals surface area contributed by atoms with Crippen LogP contribution >= 0.6 is 28.5 Å². The predicted molar refractivity (Wildman–Crippen MR) is 57.1 cm³/mol. The van der Waals surface area contributed by atoms with Gasteiger partial charge in [-0.1, -0.05) is 31.7 Å². The molecule has 0 spiro atoms. The highest BCUT2D eigenvalue weighted by Gasteiger charge is 2.18. The Morgan fingerprint density at radius 1 is 1.42 bits per heavy atom. The second-order valence-corrected chi connectivity index (χ2v) is 8.39. The van der Waals surface area contributed by atoms with Crippen molar-refractivity contribution in [2.45, 2.75) is 33.1 Å². The van der Waals surface area contributed by atoms with Gasteiger partial charge in [-0.3, -0.25) is 4.57 Å². The van der Waals surface area contributed by atoms with Crippen LogP contribution in [0.2, 0.25) is 0 Å². The number of unbranched alkanes of at least 4 members (excludes halogenated alkanes) is 1. The molecule has 1 atom stereocenters. The lowest BCUT2D eigenvalue weighted by Crippen LogP contribution is -1.87. The number of hydrogen-bond acceptors (Lipinski definition) is 3. The van der Waals surface area contributed by atoms with Gasteiger partial charge >= 0.3 is 5.92 Å². The summed E-state index contributed by atoms with van der Waals surface area (Å²) >= 11 is 6.87. The average Bonchev–Trinajstić information content (AvgIpc) is 2.01. The van der Waals surface area contributed by atoms with Crippen molar-refractivity contribution in [3.63, 3.8) is 0 Å². The summed E-state index contributed by atoms with van der Waals surface area (Å²) in [6, 6.07) is 0. The molecule has 0 aliphatic heterocycles. The first-order valence-corrected chi connectivity index (χ1v) is 8.33. The predicted octanol–water partition coefficient (Wildman–Crippen LogP) is 4.29. The molecule has 0 fully saturated rings. The van der Waals surface area contributed by atoms with Crippen LogP contribution in [0.15, 0.2) is 0 Å². The number of rotatable bonds is 7. The van der Waals surface area contributed by atoms with Crippen molar-refractivity contribution in [2.75, 3.05) is 12.4 Å². The van der Waals surface area contributed by atoms with E-state index in [9.17, 15) is 4.57 Å². The van der Waals surface area contributed by atoms with Gasteiger partial charge in [-0.05, 0) is 24.1 Å². The molecule has 0 aromatic rings. The molecule has 0 radical (unpaired) electrons. The third kappa shape index (κ3) is 7.48. The van der Waals surface area contributed by atoms with Gasteiger partial charge < -0.3 is 4.52 Å². The maximum absolute atomic E-state index is 11.4. The van der Waals surface area contributed by atoms with Gasteiger partial charge in [0.25, 0.3) is 0 Å². The zero-order valence-corrected chi connectivity index (χ0v) is 10.1. The first-order valence-electron chi connectivity index (χ1n) is 4.21. The minimum Gasteiger partial charge on any atom is -0.310 e. The Morgan fingerprint density at radius 2 is 2.08 bits per heavy atom. The Hall–Kier alpha value is 0.830. The minimum atomic E-state index is -2.85. The quantitative estimate of drug-likeness (QED) is 0.482. The van der Waals surface area contributed by atoms with E-state index in [2.05, 4.69) is 6.92 Å². The van der Waals surface area contributed by atoms with Crippen LogP contribution in [-0.2, 0) is 9.09 Å². The van der Waals surface area contributed by atoms with E-state index in [-0.39, 0.29) is 0 Å². The van der Waals surface area contributed by atoms with E-state index < -0.39 is 5.92 Å². The van der Waals surface area contributed by atoms with Crippen molar-refractivity contribution in [1.82, 2.24) is 0 Å². The highest BCUT2D eigenvalue weighted by molar-refractivity contribution is 8.63. The molecule has 0 saturated heterocycles. The third-order valence-electron chi connectivity index (χ3n) is 1.19. The van der Waals surface area contributed by atoms with Crippen molar-refractivity contribution >= 4 is 28.5 Å². The summed E-state index contributed by atoms with van der Waals surface area (Å²) in [5, 5.41) is 0. The Labute approximate surface area is 83.4 Å². The molecule has 0 rings (SSSR count). The van der Waals surface area contributed by atoms with E-state index in [0.29, 0.717) is 6.61 Å². The van der Waals surface area contributed by atoms with Crippen LogP contribution in [0.25, 0.3) is 0 Å². The molecular weight excluding hydrogens is 215 g/mol. The first kappa shape index (κ1) is 12.8. The topological polar surface area (TPSA) is 26.3 Å². The summed E-state index contributed by atoms with van der Waals surface area (Å²) in [6.45, 7) is 4.59. The summed E-state index contributed by atoms with van der Waals surface area (Å²) in [7, 11) is 0. The van der Waals surface area contributed by atoms with E-state index >= 15 is 0 Å². The standard InChI is InChI=1S/C7H16ClO2PS/c1-3-5-6-10-11(8,9)12-7-4-2/h3-7H2,1-2H3. The molecule has 0 bridgehead atoms. The summed E-state index contributed by atoms with van der Waals surface area (Å²) < 4.78 is 16.4. The molecule has 74 valence electrons. The Kier molecular flexibility index (Phi) is 7.76. The lowest BCUT2D eigenvalue weighted by molar-refractivity contribution is 0.326. The number of hydrogen-bond donors (Lipinski definition) is 0. The Morgan fingerprint density at radius 3 is 2.58 bits per heavy atom. The summed E-state index contributed by atoms with van der Waals surface area (Å²) in [5.41, 5.74) is 0. The van der Waals surface area contributed by atoms with E-state index in [1.54, 1.807) is 0 Å². The summed E-state index contributed by atoms with van der Waals surface area (Å²) in [5.74, 6) is -2.05. The Balaban J connectivity index is 3.49. The number of halogens is 1. The fourth-order valence-electron chi connectivity index (χ4n) is 0.556. The van der Waals surface area contributed by atoms with Crippen LogP contribution in [0.3, 0.4) is 0 Å². The van der Waals surface area contributed by atoms with Crippen molar-refractivity contribution in [3.05, 3.63) is 0 Å². The van der Waals surface area contributed by atoms with Gasteiger partial charge in [0.1, 0.15) is 0 Å². The van der Waals surface area contributed by atoms with Crippen molar-refractivity contribution in [1.29, 1.82) is 0 Å². The van der Waals surface area contributed by atoms with E-state index in [4.69, 9.17) is 15.8 Å². The average molecular weight is 231 g/mol. The maximum atomic E-state index is 11.4. The monoisotopic (exact) mass is 230 g/mol. The molecule has 0 N–H and O–H groups in total. The minimum absolute atomic E-state index is 0.508. The normalized spacial score (nSPS) is 15.9. The molecule has 5 heteroatoms. The molecule has 0 aromatic heterocycles. The van der Waals surface area contributed by atoms with Crippen molar-refractivity contribution in [2.24, 2.45) is 0 Å². The lowest BCUT2D eigenvalue weighted by atomic mass is 10.4. The largest absolute Gasteiger partial charge is 0.346 e. The molecule has 1 unspecified atom stereocenters. The van der Waals surface area contributed by atoms with Gasteiger partial charge in [0.15, 0.2) is 0 Å². The highest BCUT2D eigenvalue weighted by atomic mass is 35.7. The molecule has 0 aromatic carbocycles. The summed E-state index contributed by atoms with van der Waals surface area (Å²) in [6.07, 6.45) is 2.93.